The van der Waals surface area contributed by atoms with Crippen LogP contribution >= 0.6 is 0 Å². The van der Waals surface area contributed by atoms with E-state index in [-0.39, 0.29) is 24.6 Å². The second-order valence-electron chi connectivity index (χ2n) is 5.31. The normalized spacial score (nSPS) is 13.6. The van der Waals surface area contributed by atoms with Crippen LogP contribution in [0.4, 0.5) is 5.69 Å². The Labute approximate surface area is 130 Å². The molecule has 0 aliphatic carbocycles. The molecule has 0 fully saturated rings. The molecule has 2 rings (SSSR count). The Kier molecular flexibility index (Phi) is 5.75. The van der Waals surface area contributed by atoms with Gasteiger partial charge < -0.3 is 19.7 Å². The maximum atomic E-state index is 12.3. The fraction of sp³-hybridized carbons (Fsp3) is 0.353. The number of aliphatic hydroxyl groups is 1. The second-order valence-corrected chi connectivity index (χ2v) is 5.31. The van der Waals surface area contributed by atoms with Gasteiger partial charge in [0, 0.05) is 25.2 Å². The van der Waals surface area contributed by atoms with Crippen molar-refractivity contribution in [2.24, 2.45) is 0 Å². The highest BCUT2D eigenvalue weighted by Crippen LogP contribution is 2.16. The van der Waals surface area contributed by atoms with Gasteiger partial charge in [0.05, 0.1) is 18.9 Å². The minimum atomic E-state index is -0.306. The number of anilines is 1. The molecule has 0 saturated carbocycles. The largest absolute Gasteiger partial charge is 0.468 e. The zero-order valence-corrected chi connectivity index (χ0v) is 12.9. The van der Waals surface area contributed by atoms with Crippen LogP contribution in [0.5, 0.6) is 0 Å². The lowest BCUT2D eigenvalue weighted by Gasteiger charge is -2.23. The Morgan fingerprint density at radius 2 is 2.00 bits per heavy atom. The molecular weight excluding hydrogens is 280 g/mol. The molecular formula is C17H22N2O3. The Bertz CT molecular complexity index is 569. The third-order valence-corrected chi connectivity index (χ3v) is 3.55. The number of para-hydroxylation sites is 1. The summed E-state index contributed by atoms with van der Waals surface area (Å²) in [6.07, 6.45) is 1.90. The number of amides is 1. The molecule has 22 heavy (non-hydrogen) atoms. The molecule has 0 aliphatic rings. The summed E-state index contributed by atoms with van der Waals surface area (Å²) in [7, 11) is 1.76. The average Bonchev–Trinajstić information content (AvgIpc) is 3.06. The molecule has 0 bridgehead atoms. The van der Waals surface area contributed by atoms with Crippen molar-refractivity contribution in [3.8, 4) is 0 Å². The van der Waals surface area contributed by atoms with Crippen LogP contribution in [0.15, 0.2) is 53.1 Å². The van der Waals surface area contributed by atoms with Crippen molar-refractivity contribution in [3.63, 3.8) is 0 Å². The highest BCUT2D eigenvalue weighted by atomic mass is 16.3. The zero-order chi connectivity index (χ0) is 15.9. The first-order chi connectivity index (χ1) is 10.6. The van der Waals surface area contributed by atoms with Crippen molar-refractivity contribution < 1.29 is 14.3 Å². The number of nitrogens with one attached hydrogen (secondary N) is 1. The van der Waals surface area contributed by atoms with E-state index >= 15 is 0 Å². The number of hydrogen-bond donors (Lipinski definition) is 2. The maximum Gasteiger partial charge on any atom is 0.228 e. The van der Waals surface area contributed by atoms with Crippen molar-refractivity contribution in [1.82, 2.24) is 5.32 Å². The molecule has 0 aliphatic heterocycles. The molecule has 0 spiro atoms. The molecule has 5 nitrogen and oxygen atoms in total. The number of benzene rings is 1. The van der Waals surface area contributed by atoms with Gasteiger partial charge in [0.15, 0.2) is 0 Å². The van der Waals surface area contributed by atoms with Crippen molar-refractivity contribution in [2.45, 2.75) is 25.4 Å². The van der Waals surface area contributed by atoms with Crippen LogP contribution in [-0.4, -0.2) is 30.7 Å². The second kappa shape index (κ2) is 7.77. The van der Waals surface area contributed by atoms with Crippen LogP contribution in [0.1, 0.15) is 25.1 Å². The highest BCUT2D eigenvalue weighted by molar-refractivity contribution is 5.93. The minimum Gasteiger partial charge on any atom is -0.468 e. The molecule has 0 saturated heterocycles. The quantitative estimate of drug-likeness (QED) is 0.824. The van der Waals surface area contributed by atoms with Gasteiger partial charge in [-0.3, -0.25) is 4.79 Å². The molecule has 1 aromatic carbocycles. The van der Waals surface area contributed by atoms with Crippen LogP contribution in [0, 0.1) is 0 Å². The summed E-state index contributed by atoms with van der Waals surface area (Å²) in [4.78, 5) is 13.9. The fourth-order valence-electron chi connectivity index (χ4n) is 2.31. The van der Waals surface area contributed by atoms with Gasteiger partial charge in [-0.1, -0.05) is 18.2 Å². The molecule has 2 aromatic rings. The van der Waals surface area contributed by atoms with Crippen molar-refractivity contribution in [1.29, 1.82) is 0 Å². The molecule has 2 atom stereocenters. The van der Waals surface area contributed by atoms with Gasteiger partial charge in [-0.15, -0.1) is 0 Å². The van der Waals surface area contributed by atoms with E-state index in [9.17, 15) is 9.90 Å². The molecule has 2 N–H and O–H groups in total. The molecule has 5 heteroatoms. The summed E-state index contributed by atoms with van der Waals surface area (Å²) in [6, 6.07) is 12.7. The van der Waals surface area contributed by atoms with Crippen molar-refractivity contribution >= 4 is 11.6 Å². The standard InChI is InChI=1S/C17H22N2O3/c1-13(18-15(12-20)16-9-6-10-22-16)11-17(21)19(2)14-7-4-3-5-8-14/h3-10,13,15,18,20H,11-12H2,1-2H3. The number of hydrogen-bond acceptors (Lipinski definition) is 4. The maximum absolute atomic E-state index is 12.3. The Morgan fingerprint density at radius 1 is 1.27 bits per heavy atom. The Balaban J connectivity index is 1.91. The van der Waals surface area contributed by atoms with Gasteiger partial charge in [0.25, 0.3) is 0 Å². The number of furan rings is 1. The van der Waals surface area contributed by atoms with Gasteiger partial charge in [-0.25, -0.2) is 0 Å². The van der Waals surface area contributed by atoms with Crippen LogP contribution in [0.2, 0.25) is 0 Å². The van der Waals surface area contributed by atoms with Crippen LogP contribution < -0.4 is 10.2 Å². The molecule has 0 radical (unpaired) electrons. The van der Waals surface area contributed by atoms with E-state index in [1.54, 1.807) is 30.3 Å². The minimum absolute atomic E-state index is 0.0161. The predicted molar refractivity (Wildman–Crippen MR) is 85.6 cm³/mol. The van der Waals surface area contributed by atoms with Crippen LogP contribution in [0.25, 0.3) is 0 Å². The molecule has 118 valence electrons. The third kappa shape index (κ3) is 4.19. The van der Waals surface area contributed by atoms with Gasteiger partial charge in [0.1, 0.15) is 5.76 Å². The van der Waals surface area contributed by atoms with Gasteiger partial charge >= 0.3 is 0 Å². The van der Waals surface area contributed by atoms with Gasteiger partial charge in [-0.2, -0.15) is 0 Å². The zero-order valence-electron chi connectivity index (χ0n) is 12.9. The monoisotopic (exact) mass is 302 g/mol. The molecule has 2 unspecified atom stereocenters. The topological polar surface area (TPSA) is 65.7 Å². The Hall–Kier alpha value is -2.11. The van der Waals surface area contributed by atoms with E-state index in [4.69, 9.17) is 4.42 Å². The summed E-state index contributed by atoms with van der Waals surface area (Å²) < 4.78 is 5.29. The summed E-state index contributed by atoms with van der Waals surface area (Å²) >= 11 is 0. The number of aliphatic hydroxyl groups excluding tert-OH is 1. The lowest BCUT2D eigenvalue weighted by molar-refractivity contribution is -0.118. The highest BCUT2D eigenvalue weighted by Gasteiger charge is 2.19. The third-order valence-electron chi connectivity index (χ3n) is 3.55. The summed E-state index contributed by atoms with van der Waals surface area (Å²) in [5.74, 6) is 0.681. The van der Waals surface area contributed by atoms with E-state index in [2.05, 4.69) is 5.32 Å². The molecule has 1 aromatic heterocycles. The van der Waals surface area contributed by atoms with Crippen LogP contribution in [-0.2, 0) is 4.79 Å². The first-order valence-corrected chi connectivity index (χ1v) is 7.33. The molecule has 1 heterocycles. The van der Waals surface area contributed by atoms with Gasteiger partial charge in [-0.05, 0) is 31.2 Å². The van der Waals surface area contributed by atoms with E-state index in [1.807, 2.05) is 37.3 Å². The smallest absolute Gasteiger partial charge is 0.228 e. The van der Waals surface area contributed by atoms with E-state index in [1.165, 1.54) is 0 Å². The van der Waals surface area contributed by atoms with Gasteiger partial charge in [0.2, 0.25) is 5.91 Å². The molecule has 1 amide bonds. The number of rotatable bonds is 7. The van der Waals surface area contributed by atoms with E-state index in [0.717, 1.165) is 5.69 Å². The summed E-state index contributed by atoms with van der Waals surface area (Å²) in [5.41, 5.74) is 0.865. The lowest BCUT2D eigenvalue weighted by Crippen LogP contribution is -2.37. The first kappa shape index (κ1) is 16.3. The van der Waals surface area contributed by atoms with E-state index < -0.39 is 0 Å². The van der Waals surface area contributed by atoms with Crippen molar-refractivity contribution in [3.05, 3.63) is 54.5 Å². The Morgan fingerprint density at radius 3 is 2.59 bits per heavy atom. The number of nitrogens with zero attached hydrogens (tertiary/aromatic N) is 1. The lowest BCUT2D eigenvalue weighted by atomic mass is 10.1. The SMILES string of the molecule is CC(CC(=O)N(C)c1ccccc1)NC(CO)c1ccco1. The fourth-order valence-corrected chi connectivity index (χ4v) is 2.31. The van der Waals surface area contributed by atoms with Crippen LogP contribution in [0.3, 0.4) is 0 Å². The predicted octanol–water partition coefficient (Wildman–Crippen LogP) is 2.34. The summed E-state index contributed by atoms with van der Waals surface area (Å²) in [6.45, 7) is 1.84. The first-order valence-electron chi connectivity index (χ1n) is 7.33. The summed E-state index contributed by atoms with van der Waals surface area (Å²) in [5, 5.41) is 12.7. The number of carbonyl (C=O) groups is 1. The average molecular weight is 302 g/mol. The van der Waals surface area contributed by atoms with Crippen molar-refractivity contribution in [2.75, 3.05) is 18.6 Å². The number of carbonyl (C=O) groups excluding carboxylic acids is 1. The van der Waals surface area contributed by atoms with E-state index in [0.29, 0.717) is 12.2 Å².